The summed E-state index contributed by atoms with van der Waals surface area (Å²) in [5, 5.41) is 0. The fourth-order valence-corrected chi connectivity index (χ4v) is 7.67. The van der Waals surface area contributed by atoms with Gasteiger partial charge in [0.15, 0.2) is 6.10 Å². The van der Waals surface area contributed by atoms with E-state index in [1.54, 1.807) is 0 Å². The molecular formula is C75H112O6. The lowest BCUT2D eigenvalue weighted by Gasteiger charge is -2.18. The van der Waals surface area contributed by atoms with Crippen LogP contribution in [-0.4, -0.2) is 37.2 Å². The highest BCUT2D eigenvalue weighted by Crippen LogP contribution is 2.12. The first-order chi connectivity index (χ1) is 40.0. The van der Waals surface area contributed by atoms with E-state index in [4.69, 9.17) is 14.2 Å². The lowest BCUT2D eigenvalue weighted by atomic mass is 10.1. The Balaban J connectivity index is 4.49. The molecule has 0 aliphatic carbocycles. The molecule has 81 heavy (non-hydrogen) atoms. The van der Waals surface area contributed by atoms with E-state index in [2.05, 4.69) is 215 Å². The van der Waals surface area contributed by atoms with Gasteiger partial charge in [0, 0.05) is 19.3 Å². The van der Waals surface area contributed by atoms with Crippen molar-refractivity contribution in [2.75, 3.05) is 13.2 Å². The van der Waals surface area contributed by atoms with E-state index in [9.17, 15) is 14.4 Å². The third kappa shape index (κ3) is 64.7. The molecule has 448 valence electrons. The molecule has 0 spiro atoms. The molecule has 0 radical (unpaired) electrons. The zero-order valence-electron chi connectivity index (χ0n) is 51.2. The van der Waals surface area contributed by atoms with Crippen molar-refractivity contribution in [3.63, 3.8) is 0 Å². The van der Waals surface area contributed by atoms with Crippen LogP contribution in [0.5, 0.6) is 0 Å². The molecule has 0 N–H and O–H groups in total. The molecule has 0 saturated carbocycles. The molecule has 1 atom stereocenters. The van der Waals surface area contributed by atoms with E-state index < -0.39 is 12.1 Å². The maximum Gasteiger partial charge on any atom is 0.306 e. The molecule has 0 bridgehead atoms. The van der Waals surface area contributed by atoms with Gasteiger partial charge in [0.2, 0.25) is 0 Å². The van der Waals surface area contributed by atoms with Crippen molar-refractivity contribution in [2.24, 2.45) is 0 Å². The molecule has 0 amide bonds. The van der Waals surface area contributed by atoms with Crippen LogP contribution in [0.4, 0.5) is 0 Å². The first-order valence-corrected chi connectivity index (χ1v) is 31.6. The summed E-state index contributed by atoms with van der Waals surface area (Å²) in [6, 6.07) is 0. The molecular weight excluding hydrogens is 997 g/mol. The summed E-state index contributed by atoms with van der Waals surface area (Å²) >= 11 is 0. The number of rotatable bonds is 54. The number of unbranched alkanes of at least 4 members (excludes halogenated alkanes) is 9. The fourth-order valence-electron chi connectivity index (χ4n) is 7.67. The number of carbonyl (C=O) groups excluding carboxylic acids is 3. The number of allylic oxidation sites excluding steroid dienone is 34. The molecule has 1 unspecified atom stereocenters. The van der Waals surface area contributed by atoms with E-state index in [0.717, 1.165) is 167 Å². The number of carbonyl (C=O) groups is 3. The molecule has 0 saturated heterocycles. The molecule has 0 aromatic heterocycles. The standard InChI is InChI=1S/C75H112O6/c1-4-7-10-13-16-19-22-25-27-29-31-32-33-34-35-36-37-38-39-40-41-42-44-45-47-50-53-56-59-62-65-68-74(77)80-71-72(70-79-73(76)67-64-61-58-55-52-49-24-21-18-15-12-9-6-3)81-75(78)69-66-63-60-57-54-51-48-46-43-30-28-26-23-20-17-14-11-8-5-2/h7-12,16-21,25-28,31-32,34-35,37-38,40-41,43-46,49,51-52,54,60,63,72H,4-6,13-15,22-24,29-30,33,36,39,42,47-48,50,53,55-59,61-62,64-71H2,1-3H3/b10-7-,11-8-,12-9-,19-16-,20-17-,21-18-,27-25-,28-26-,32-31-,35-34-,38-37-,41-40-,45-44-,46-43-,52-49-,54-51-,63-60-. The largest absolute Gasteiger partial charge is 0.462 e. The van der Waals surface area contributed by atoms with Crippen molar-refractivity contribution in [1.82, 2.24) is 0 Å². The average molecular weight is 1110 g/mol. The molecule has 0 aromatic carbocycles. The molecule has 0 heterocycles. The minimum absolute atomic E-state index is 0.137. The maximum absolute atomic E-state index is 12.9. The Morgan fingerprint density at radius 2 is 0.469 bits per heavy atom. The number of esters is 3. The van der Waals surface area contributed by atoms with Crippen LogP contribution >= 0.6 is 0 Å². The van der Waals surface area contributed by atoms with E-state index in [-0.39, 0.29) is 31.6 Å². The lowest BCUT2D eigenvalue weighted by molar-refractivity contribution is -0.166. The van der Waals surface area contributed by atoms with Crippen molar-refractivity contribution in [3.8, 4) is 0 Å². The second-order valence-corrected chi connectivity index (χ2v) is 19.8. The van der Waals surface area contributed by atoms with Crippen LogP contribution in [0.1, 0.15) is 226 Å². The van der Waals surface area contributed by atoms with Crippen molar-refractivity contribution in [1.29, 1.82) is 0 Å². The Bertz CT molecular complexity index is 2000. The Labute approximate surface area is 496 Å². The van der Waals surface area contributed by atoms with Crippen LogP contribution in [0.2, 0.25) is 0 Å². The number of hydrogen-bond donors (Lipinski definition) is 0. The Kier molecular flexibility index (Phi) is 61.6. The Morgan fingerprint density at radius 3 is 0.753 bits per heavy atom. The quantitative estimate of drug-likeness (QED) is 0.0261. The summed E-state index contributed by atoms with van der Waals surface area (Å²) in [6.07, 6.45) is 103. The van der Waals surface area contributed by atoms with Crippen molar-refractivity contribution in [2.45, 2.75) is 232 Å². The molecule has 6 heteroatoms. The molecule has 0 aliphatic heterocycles. The second-order valence-electron chi connectivity index (χ2n) is 19.8. The third-order valence-corrected chi connectivity index (χ3v) is 12.3. The highest BCUT2D eigenvalue weighted by Gasteiger charge is 2.19. The second kappa shape index (κ2) is 66.5. The van der Waals surface area contributed by atoms with Gasteiger partial charge in [-0.3, -0.25) is 14.4 Å². The van der Waals surface area contributed by atoms with E-state index in [0.29, 0.717) is 19.3 Å². The van der Waals surface area contributed by atoms with Gasteiger partial charge in [-0.25, -0.2) is 0 Å². The van der Waals surface area contributed by atoms with Gasteiger partial charge in [-0.2, -0.15) is 0 Å². The van der Waals surface area contributed by atoms with Crippen molar-refractivity contribution in [3.05, 3.63) is 207 Å². The first kappa shape index (κ1) is 75.0. The minimum Gasteiger partial charge on any atom is -0.462 e. The minimum atomic E-state index is -0.851. The van der Waals surface area contributed by atoms with Crippen LogP contribution in [0, 0.1) is 0 Å². The zero-order chi connectivity index (χ0) is 58.5. The van der Waals surface area contributed by atoms with Gasteiger partial charge < -0.3 is 14.2 Å². The van der Waals surface area contributed by atoms with Crippen molar-refractivity contribution >= 4 is 17.9 Å². The normalized spacial score (nSPS) is 13.6. The highest BCUT2D eigenvalue weighted by atomic mass is 16.6. The number of hydrogen-bond acceptors (Lipinski definition) is 6. The van der Waals surface area contributed by atoms with E-state index in [1.807, 2.05) is 12.2 Å². The van der Waals surface area contributed by atoms with Crippen LogP contribution in [0.25, 0.3) is 0 Å². The Hall–Kier alpha value is -6.01. The highest BCUT2D eigenvalue weighted by molar-refractivity contribution is 5.71. The summed E-state index contributed by atoms with van der Waals surface area (Å²) in [5.74, 6) is -1.08. The molecule has 6 nitrogen and oxygen atoms in total. The van der Waals surface area contributed by atoms with Gasteiger partial charge in [-0.05, 0) is 154 Å². The number of ether oxygens (including phenoxy) is 3. The summed E-state index contributed by atoms with van der Waals surface area (Å²) in [5.41, 5.74) is 0. The average Bonchev–Trinajstić information content (AvgIpc) is 3.46. The zero-order valence-corrected chi connectivity index (χ0v) is 51.2. The SMILES string of the molecule is CC/C=C\C/C=C\C/C=C\C/C=C\C/C=C\C/C=C\C/C=C\C/C=C\CCCCCCCCC(=O)OCC(COC(=O)CCCCC/C=C\C/C=C\C/C=C\CC)OC(=O)CC/C=C\C/C=C\C/C=C\C/C=C\C/C=C\C/C=C\CC. The van der Waals surface area contributed by atoms with Gasteiger partial charge in [0.1, 0.15) is 13.2 Å². The topological polar surface area (TPSA) is 78.9 Å². The maximum atomic E-state index is 12.9. The molecule has 0 fully saturated rings. The smallest absolute Gasteiger partial charge is 0.306 e. The van der Waals surface area contributed by atoms with Gasteiger partial charge in [-0.15, -0.1) is 0 Å². The fraction of sp³-hybridized carbons (Fsp3) is 0.507. The van der Waals surface area contributed by atoms with Gasteiger partial charge >= 0.3 is 17.9 Å². The molecule has 0 rings (SSSR count). The monoisotopic (exact) mass is 1110 g/mol. The first-order valence-electron chi connectivity index (χ1n) is 31.6. The summed E-state index contributed by atoms with van der Waals surface area (Å²) < 4.78 is 16.8. The lowest BCUT2D eigenvalue weighted by Crippen LogP contribution is -2.30. The Morgan fingerprint density at radius 1 is 0.247 bits per heavy atom. The summed E-state index contributed by atoms with van der Waals surface area (Å²) in [7, 11) is 0. The van der Waals surface area contributed by atoms with Crippen LogP contribution < -0.4 is 0 Å². The van der Waals surface area contributed by atoms with E-state index >= 15 is 0 Å². The van der Waals surface area contributed by atoms with Gasteiger partial charge in [0.25, 0.3) is 0 Å². The van der Waals surface area contributed by atoms with Gasteiger partial charge in [-0.1, -0.05) is 259 Å². The predicted octanol–water partition coefficient (Wildman–Crippen LogP) is 22.0. The third-order valence-electron chi connectivity index (χ3n) is 12.3. The predicted molar refractivity (Wildman–Crippen MR) is 352 cm³/mol. The van der Waals surface area contributed by atoms with Crippen LogP contribution in [0.15, 0.2) is 207 Å². The van der Waals surface area contributed by atoms with Crippen molar-refractivity contribution < 1.29 is 28.6 Å². The summed E-state index contributed by atoms with van der Waals surface area (Å²) in [6.45, 7) is 6.17. The molecule has 0 aromatic rings. The molecule has 0 aliphatic rings. The van der Waals surface area contributed by atoms with Crippen LogP contribution in [0.3, 0.4) is 0 Å². The van der Waals surface area contributed by atoms with Gasteiger partial charge in [0.05, 0.1) is 0 Å². The summed E-state index contributed by atoms with van der Waals surface area (Å²) in [4.78, 5) is 38.2. The van der Waals surface area contributed by atoms with E-state index in [1.165, 1.54) is 12.8 Å². The van der Waals surface area contributed by atoms with Crippen LogP contribution in [-0.2, 0) is 28.6 Å².